The summed E-state index contributed by atoms with van der Waals surface area (Å²) in [5, 5.41) is 5.57. The Morgan fingerprint density at radius 2 is 1.80 bits per heavy atom. The van der Waals surface area contributed by atoms with Gasteiger partial charge in [-0.25, -0.2) is 4.39 Å². The number of pyridine rings is 1. The van der Waals surface area contributed by atoms with Crippen LogP contribution in [-0.4, -0.2) is 40.2 Å². The SMILES string of the molecule is O=C(NCC(=O)N(Cc1ccccc1F)[C@@H](C(=O)NC1CCCC1)c1ccncc1)c1ccco1. The zero-order chi connectivity index (χ0) is 24.6. The van der Waals surface area contributed by atoms with Crippen molar-refractivity contribution < 1.29 is 23.2 Å². The van der Waals surface area contributed by atoms with Gasteiger partial charge in [0.15, 0.2) is 5.76 Å². The number of aromatic nitrogens is 1. The molecule has 1 fully saturated rings. The summed E-state index contributed by atoms with van der Waals surface area (Å²) in [5.41, 5.74) is 0.795. The molecule has 0 aliphatic heterocycles. The molecular weight excluding hydrogens is 451 g/mol. The van der Waals surface area contributed by atoms with Crippen LogP contribution in [0.15, 0.2) is 71.6 Å². The van der Waals surface area contributed by atoms with E-state index < -0.39 is 30.2 Å². The second-order valence-corrected chi connectivity index (χ2v) is 8.45. The lowest BCUT2D eigenvalue weighted by Gasteiger charge is -2.32. The molecule has 2 N–H and O–H groups in total. The molecule has 1 saturated carbocycles. The van der Waals surface area contributed by atoms with E-state index >= 15 is 0 Å². The van der Waals surface area contributed by atoms with Crippen LogP contribution in [0, 0.1) is 5.82 Å². The predicted molar refractivity (Wildman–Crippen MR) is 125 cm³/mol. The van der Waals surface area contributed by atoms with Crippen molar-refractivity contribution in [2.75, 3.05) is 6.54 Å². The maximum Gasteiger partial charge on any atom is 0.287 e. The fourth-order valence-electron chi connectivity index (χ4n) is 4.25. The number of hydrogen-bond acceptors (Lipinski definition) is 5. The van der Waals surface area contributed by atoms with Crippen LogP contribution in [0.2, 0.25) is 0 Å². The van der Waals surface area contributed by atoms with Crippen LogP contribution >= 0.6 is 0 Å². The number of carbonyl (C=O) groups excluding carboxylic acids is 3. The first kappa shape index (κ1) is 24.1. The topological polar surface area (TPSA) is 105 Å². The fraction of sp³-hybridized carbons (Fsp3) is 0.308. The van der Waals surface area contributed by atoms with E-state index in [2.05, 4.69) is 15.6 Å². The van der Waals surface area contributed by atoms with Crippen LogP contribution in [0.3, 0.4) is 0 Å². The third-order valence-electron chi connectivity index (χ3n) is 6.05. The van der Waals surface area contributed by atoms with E-state index in [-0.39, 0.29) is 29.8 Å². The number of rotatable bonds is 9. The number of nitrogens with zero attached hydrogens (tertiary/aromatic N) is 2. The molecule has 8 nitrogen and oxygen atoms in total. The van der Waals surface area contributed by atoms with Crippen molar-refractivity contribution in [3.63, 3.8) is 0 Å². The van der Waals surface area contributed by atoms with Gasteiger partial charge in [-0.15, -0.1) is 0 Å². The van der Waals surface area contributed by atoms with E-state index in [1.54, 1.807) is 36.4 Å². The van der Waals surface area contributed by atoms with Crippen molar-refractivity contribution in [2.45, 2.75) is 44.3 Å². The summed E-state index contributed by atoms with van der Waals surface area (Å²) >= 11 is 0. The highest BCUT2D eigenvalue weighted by Gasteiger charge is 2.33. The highest BCUT2D eigenvalue weighted by molar-refractivity contribution is 5.95. The number of carbonyl (C=O) groups is 3. The molecule has 4 rings (SSSR count). The Kier molecular flexibility index (Phi) is 7.87. The van der Waals surface area contributed by atoms with Crippen LogP contribution in [0.25, 0.3) is 0 Å². The van der Waals surface area contributed by atoms with Crippen LogP contribution in [-0.2, 0) is 16.1 Å². The molecule has 0 radical (unpaired) electrons. The Morgan fingerprint density at radius 3 is 2.49 bits per heavy atom. The molecule has 1 atom stereocenters. The summed E-state index contributed by atoms with van der Waals surface area (Å²) in [7, 11) is 0. The average molecular weight is 479 g/mol. The normalized spacial score (nSPS) is 14.3. The van der Waals surface area contributed by atoms with Crippen molar-refractivity contribution >= 4 is 17.7 Å². The smallest absolute Gasteiger partial charge is 0.287 e. The molecule has 3 amide bonds. The first-order valence-corrected chi connectivity index (χ1v) is 11.6. The summed E-state index contributed by atoms with van der Waals surface area (Å²) in [6.07, 6.45) is 8.23. The first-order chi connectivity index (χ1) is 17.0. The van der Waals surface area contributed by atoms with Gasteiger partial charge in [0, 0.05) is 30.5 Å². The number of nitrogens with one attached hydrogen (secondary N) is 2. The molecule has 9 heteroatoms. The minimum Gasteiger partial charge on any atom is -0.459 e. The van der Waals surface area contributed by atoms with Crippen LogP contribution < -0.4 is 10.6 Å². The van der Waals surface area contributed by atoms with Crippen molar-refractivity contribution in [3.05, 3.63) is 89.9 Å². The Hall–Kier alpha value is -4.01. The lowest BCUT2D eigenvalue weighted by molar-refractivity contribution is -0.141. The second kappa shape index (κ2) is 11.4. The van der Waals surface area contributed by atoms with Gasteiger partial charge in [-0.2, -0.15) is 0 Å². The predicted octanol–water partition coefficient (Wildman–Crippen LogP) is 3.37. The standard InChI is InChI=1S/C26H27FN4O4/c27-21-9-4-1-6-19(21)17-31(23(32)16-29-25(33)22-10-5-15-35-22)24(18-11-13-28-14-12-18)26(34)30-20-7-2-3-8-20/h1,4-6,9-15,20,24H,2-3,7-8,16-17H2,(H,29,33)(H,30,34)/t24-/m1/s1. The van der Waals surface area contributed by atoms with Crippen LogP contribution in [0.1, 0.15) is 53.4 Å². The summed E-state index contributed by atoms with van der Waals surface area (Å²) in [6, 6.07) is 11.4. The van der Waals surface area contributed by atoms with Gasteiger partial charge in [-0.05, 0) is 48.7 Å². The Bertz CT molecular complexity index is 1150. The van der Waals surface area contributed by atoms with Gasteiger partial charge in [-0.1, -0.05) is 31.0 Å². The lowest BCUT2D eigenvalue weighted by Crippen LogP contribution is -2.48. The molecular formula is C26H27FN4O4. The molecule has 182 valence electrons. The zero-order valence-electron chi connectivity index (χ0n) is 19.2. The number of halogens is 1. The van der Waals surface area contributed by atoms with Crippen molar-refractivity contribution in [3.8, 4) is 0 Å². The van der Waals surface area contributed by atoms with E-state index in [1.165, 1.54) is 35.7 Å². The van der Waals surface area contributed by atoms with Gasteiger partial charge < -0.3 is 20.0 Å². The van der Waals surface area contributed by atoms with Crippen LogP contribution in [0.5, 0.6) is 0 Å². The summed E-state index contributed by atoms with van der Waals surface area (Å²) in [6.45, 7) is -0.556. The van der Waals surface area contributed by atoms with E-state index in [1.807, 2.05) is 0 Å². The molecule has 0 spiro atoms. The molecule has 1 aromatic carbocycles. The molecule has 0 bridgehead atoms. The quantitative estimate of drug-likeness (QED) is 0.491. The van der Waals surface area contributed by atoms with Crippen molar-refractivity contribution in [2.24, 2.45) is 0 Å². The Labute approximate surface area is 202 Å². The Morgan fingerprint density at radius 1 is 1.06 bits per heavy atom. The highest BCUT2D eigenvalue weighted by atomic mass is 19.1. The van der Waals surface area contributed by atoms with Gasteiger partial charge in [-0.3, -0.25) is 19.4 Å². The molecule has 1 aliphatic carbocycles. The van der Waals surface area contributed by atoms with Gasteiger partial charge in [0.05, 0.1) is 12.8 Å². The molecule has 2 heterocycles. The van der Waals surface area contributed by atoms with Gasteiger partial charge >= 0.3 is 0 Å². The molecule has 0 saturated heterocycles. The number of furan rings is 1. The number of amides is 3. The fourth-order valence-corrected chi connectivity index (χ4v) is 4.25. The van der Waals surface area contributed by atoms with E-state index in [9.17, 15) is 18.8 Å². The third-order valence-corrected chi connectivity index (χ3v) is 6.05. The van der Waals surface area contributed by atoms with Crippen molar-refractivity contribution in [1.82, 2.24) is 20.5 Å². The van der Waals surface area contributed by atoms with Crippen LogP contribution in [0.4, 0.5) is 4.39 Å². The first-order valence-electron chi connectivity index (χ1n) is 11.6. The molecule has 0 unspecified atom stereocenters. The zero-order valence-corrected chi connectivity index (χ0v) is 19.2. The molecule has 35 heavy (non-hydrogen) atoms. The summed E-state index contributed by atoms with van der Waals surface area (Å²) in [4.78, 5) is 44.6. The monoisotopic (exact) mass is 478 g/mol. The van der Waals surface area contributed by atoms with E-state index in [0.717, 1.165) is 25.7 Å². The average Bonchev–Trinajstić information content (AvgIpc) is 3.58. The number of benzene rings is 1. The maximum absolute atomic E-state index is 14.6. The largest absolute Gasteiger partial charge is 0.459 e. The maximum atomic E-state index is 14.6. The Balaban J connectivity index is 1.63. The molecule has 1 aliphatic rings. The van der Waals surface area contributed by atoms with Crippen molar-refractivity contribution in [1.29, 1.82) is 0 Å². The van der Waals surface area contributed by atoms with Gasteiger partial charge in [0.1, 0.15) is 11.9 Å². The molecule has 3 aromatic rings. The van der Waals surface area contributed by atoms with E-state index in [0.29, 0.717) is 5.56 Å². The summed E-state index contributed by atoms with van der Waals surface area (Å²) < 4.78 is 19.6. The number of hydrogen-bond donors (Lipinski definition) is 2. The highest BCUT2D eigenvalue weighted by Crippen LogP contribution is 2.26. The van der Waals surface area contributed by atoms with Gasteiger partial charge in [0.2, 0.25) is 11.8 Å². The lowest BCUT2D eigenvalue weighted by atomic mass is 10.0. The third kappa shape index (κ3) is 6.11. The minimum atomic E-state index is -1.04. The van der Waals surface area contributed by atoms with Gasteiger partial charge in [0.25, 0.3) is 5.91 Å². The minimum absolute atomic E-state index is 0.0240. The van der Waals surface area contributed by atoms with E-state index in [4.69, 9.17) is 4.42 Å². The molecule has 2 aromatic heterocycles. The summed E-state index contributed by atoms with van der Waals surface area (Å²) in [5.74, 6) is -1.90. The second-order valence-electron chi connectivity index (χ2n) is 8.45.